The third-order valence-corrected chi connectivity index (χ3v) is 4.99. The Hall–Kier alpha value is -1.18. The molecule has 1 aromatic rings. The maximum Gasteiger partial charge on any atom is 0.244 e. The van der Waals surface area contributed by atoms with Gasteiger partial charge in [0.1, 0.15) is 10.7 Å². The summed E-state index contributed by atoms with van der Waals surface area (Å²) < 4.78 is 31.9. The Morgan fingerprint density at radius 1 is 1.53 bits per heavy atom. The van der Waals surface area contributed by atoms with Crippen LogP contribution in [0.25, 0.3) is 0 Å². The summed E-state index contributed by atoms with van der Waals surface area (Å²) in [6, 6.07) is 2.98. The minimum absolute atomic E-state index is 0.0183. The van der Waals surface area contributed by atoms with Crippen molar-refractivity contribution in [1.29, 1.82) is 0 Å². The fourth-order valence-electron chi connectivity index (χ4n) is 2.19. The molecule has 0 aliphatic carbocycles. The van der Waals surface area contributed by atoms with Crippen molar-refractivity contribution >= 4 is 15.8 Å². The van der Waals surface area contributed by atoms with E-state index in [2.05, 4.69) is 4.98 Å². The quantitative estimate of drug-likeness (QED) is 0.886. The molecule has 6 nitrogen and oxygen atoms in total. The molecule has 19 heavy (non-hydrogen) atoms. The van der Waals surface area contributed by atoms with E-state index in [1.54, 1.807) is 0 Å². The number of piperidine rings is 1. The predicted molar refractivity (Wildman–Crippen MR) is 72.1 cm³/mol. The van der Waals surface area contributed by atoms with Crippen LogP contribution in [0.5, 0.6) is 0 Å². The number of nitrogens with two attached hydrogens (primary N) is 1. The van der Waals surface area contributed by atoms with E-state index in [9.17, 15) is 8.42 Å². The van der Waals surface area contributed by atoms with Crippen LogP contribution in [0.1, 0.15) is 19.8 Å². The van der Waals surface area contributed by atoms with Gasteiger partial charge in [-0.05, 0) is 31.9 Å². The second-order valence-corrected chi connectivity index (χ2v) is 6.44. The smallest absolute Gasteiger partial charge is 0.244 e. The van der Waals surface area contributed by atoms with Crippen molar-refractivity contribution in [2.45, 2.75) is 30.8 Å². The van der Waals surface area contributed by atoms with Crippen molar-refractivity contribution in [2.75, 3.05) is 25.4 Å². The van der Waals surface area contributed by atoms with Crippen LogP contribution >= 0.6 is 0 Å². The van der Waals surface area contributed by atoms with Gasteiger partial charge in [0.15, 0.2) is 0 Å². The van der Waals surface area contributed by atoms with Crippen molar-refractivity contribution in [3.63, 3.8) is 0 Å². The number of rotatable bonds is 4. The van der Waals surface area contributed by atoms with E-state index in [0.717, 1.165) is 12.8 Å². The van der Waals surface area contributed by atoms with Crippen molar-refractivity contribution < 1.29 is 13.2 Å². The molecule has 2 N–H and O–H groups in total. The standard InChI is InChI=1S/C12H19N3O3S/c1-2-18-10-4-3-7-15(9-10)19(16,17)11-5-6-12(13)14-8-11/h5-6,8,10H,2-4,7,9H2,1H3,(H2,13,14). The fourth-order valence-corrected chi connectivity index (χ4v) is 3.64. The van der Waals surface area contributed by atoms with Gasteiger partial charge in [-0.3, -0.25) is 0 Å². The Kier molecular flexibility index (Phi) is 4.38. The van der Waals surface area contributed by atoms with Crippen LogP contribution in [-0.2, 0) is 14.8 Å². The van der Waals surface area contributed by atoms with Crippen LogP contribution in [-0.4, -0.2) is 43.5 Å². The summed E-state index contributed by atoms with van der Waals surface area (Å²) in [5.41, 5.74) is 5.47. The summed E-state index contributed by atoms with van der Waals surface area (Å²) in [4.78, 5) is 4.02. The monoisotopic (exact) mass is 285 g/mol. The predicted octanol–water partition coefficient (Wildman–Crippen LogP) is 0.853. The van der Waals surface area contributed by atoms with Crippen LogP contribution in [0.4, 0.5) is 5.82 Å². The lowest BCUT2D eigenvalue weighted by Gasteiger charge is -2.31. The number of sulfonamides is 1. The van der Waals surface area contributed by atoms with E-state index < -0.39 is 10.0 Å². The Bertz CT molecular complexity index is 514. The van der Waals surface area contributed by atoms with Crippen molar-refractivity contribution in [3.05, 3.63) is 18.3 Å². The van der Waals surface area contributed by atoms with Crippen molar-refractivity contribution in [1.82, 2.24) is 9.29 Å². The van der Waals surface area contributed by atoms with E-state index in [4.69, 9.17) is 10.5 Å². The molecule has 1 aromatic heterocycles. The topological polar surface area (TPSA) is 85.5 Å². The Morgan fingerprint density at radius 2 is 2.32 bits per heavy atom. The second-order valence-electron chi connectivity index (χ2n) is 4.50. The van der Waals surface area contributed by atoms with Crippen LogP contribution in [0.15, 0.2) is 23.2 Å². The minimum atomic E-state index is -3.49. The van der Waals surface area contributed by atoms with E-state index in [1.807, 2.05) is 6.92 Å². The molecule has 0 saturated carbocycles. The lowest BCUT2D eigenvalue weighted by atomic mass is 10.1. The second kappa shape index (κ2) is 5.85. The zero-order valence-electron chi connectivity index (χ0n) is 10.9. The molecule has 0 amide bonds. The summed E-state index contributed by atoms with van der Waals surface area (Å²) in [6.45, 7) is 3.44. The molecule has 0 spiro atoms. The van der Waals surface area contributed by atoms with Crippen molar-refractivity contribution in [3.8, 4) is 0 Å². The Balaban J connectivity index is 2.17. The van der Waals surface area contributed by atoms with Gasteiger partial charge in [-0.25, -0.2) is 13.4 Å². The molecule has 2 heterocycles. The molecule has 2 rings (SSSR count). The molecule has 1 unspecified atom stereocenters. The van der Waals surface area contributed by atoms with Gasteiger partial charge >= 0.3 is 0 Å². The van der Waals surface area contributed by atoms with Gasteiger partial charge in [0.2, 0.25) is 10.0 Å². The van der Waals surface area contributed by atoms with Crippen LogP contribution in [0, 0.1) is 0 Å². The normalized spacial score (nSPS) is 21.4. The first-order chi connectivity index (χ1) is 9.04. The SMILES string of the molecule is CCOC1CCCN(S(=O)(=O)c2ccc(N)nc2)C1. The zero-order chi connectivity index (χ0) is 13.9. The third-order valence-electron chi connectivity index (χ3n) is 3.14. The summed E-state index contributed by atoms with van der Waals surface area (Å²) in [6.07, 6.45) is 3.00. The average Bonchev–Trinajstić information content (AvgIpc) is 2.40. The molecule has 7 heteroatoms. The number of aromatic nitrogens is 1. The van der Waals surface area contributed by atoms with E-state index in [1.165, 1.54) is 22.6 Å². The number of nitrogens with zero attached hydrogens (tertiary/aromatic N) is 2. The summed E-state index contributed by atoms with van der Waals surface area (Å²) in [7, 11) is -3.49. The van der Waals surface area contributed by atoms with Gasteiger partial charge in [-0.1, -0.05) is 0 Å². The molecule has 0 radical (unpaired) electrons. The molecule has 1 atom stereocenters. The zero-order valence-corrected chi connectivity index (χ0v) is 11.8. The lowest BCUT2D eigenvalue weighted by Crippen LogP contribution is -2.43. The Labute approximate surface area is 113 Å². The van der Waals surface area contributed by atoms with Gasteiger partial charge in [-0.2, -0.15) is 4.31 Å². The molecule has 1 aliphatic heterocycles. The number of nitrogen functional groups attached to an aromatic ring is 1. The van der Waals surface area contributed by atoms with Gasteiger partial charge in [0.05, 0.1) is 6.10 Å². The molecular weight excluding hydrogens is 266 g/mol. The first-order valence-electron chi connectivity index (χ1n) is 6.37. The highest BCUT2D eigenvalue weighted by Gasteiger charge is 2.30. The molecular formula is C12H19N3O3S. The molecule has 106 valence electrons. The number of hydrogen-bond acceptors (Lipinski definition) is 5. The number of pyridine rings is 1. The van der Waals surface area contributed by atoms with Crippen LogP contribution < -0.4 is 5.73 Å². The summed E-state index contributed by atoms with van der Waals surface area (Å²) >= 11 is 0. The number of ether oxygens (including phenoxy) is 1. The maximum atomic E-state index is 12.4. The third kappa shape index (κ3) is 3.23. The molecule has 1 aliphatic rings. The highest BCUT2D eigenvalue weighted by Crippen LogP contribution is 2.21. The summed E-state index contributed by atoms with van der Waals surface area (Å²) in [5.74, 6) is 0.310. The van der Waals surface area contributed by atoms with Gasteiger partial charge in [0.25, 0.3) is 0 Å². The molecule has 1 fully saturated rings. The Morgan fingerprint density at radius 3 is 2.95 bits per heavy atom. The van der Waals surface area contributed by atoms with Gasteiger partial charge in [-0.15, -0.1) is 0 Å². The van der Waals surface area contributed by atoms with Crippen molar-refractivity contribution in [2.24, 2.45) is 0 Å². The lowest BCUT2D eigenvalue weighted by molar-refractivity contribution is 0.0265. The summed E-state index contributed by atoms with van der Waals surface area (Å²) in [5, 5.41) is 0. The number of hydrogen-bond donors (Lipinski definition) is 1. The highest BCUT2D eigenvalue weighted by atomic mass is 32.2. The van der Waals surface area contributed by atoms with Crippen LogP contribution in [0.3, 0.4) is 0 Å². The first-order valence-corrected chi connectivity index (χ1v) is 7.81. The van der Waals surface area contributed by atoms with Gasteiger partial charge < -0.3 is 10.5 Å². The minimum Gasteiger partial charge on any atom is -0.384 e. The van der Waals surface area contributed by atoms with Crippen LogP contribution in [0.2, 0.25) is 0 Å². The average molecular weight is 285 g/mol. The van der Waals surface area contributed by atoms with E-state index >= 15 is 0 Å². The van der Waals surface area contributed by atoms with E-state index in [-0.39, 0.29) is 11.0 Å². The molecule has 0 aromatic carbocycles. The largest absolute Gasteiger partial charge is 0.384 e. The number of anilines is 1. The first kappa shape index (κ1) is 14.2. The maximum absolute atomic E-state index is 12.4. The molecule has 0 bridgehead atoms. The van der Waals surface area contributed by atoms with E-state index in [0.29, 0.717) is 25.5 Å². The van der Waals surface area contributed by atoms with Gasteiger partial charge in [0, 0.05) is 25.9 Å². The highest BCUT2D eigenvalue weighted by molar-refractivity contribution is 7.89. The molecule has 1 saturated heterocycles. The fraction of sp³-hybridized carbons (Fsp3) is 0.583.